The Bertz CT molecular complexity index is 4800. The van der Waals surface area contributed by atoms with E-state index in [1.807, 2.05) is 51.4 Å². The summed E-state index contributed by atoms with van der Waals surface area (Å²) in [6.45, 7) is 0. The highest BCUT2D eigenvalue weighted by Gasteiger charge is 3.80. The van der Waals surface area contributed by atoms with Gasteiger partial charge in [-0.3, -0.25) is 0 Å². The Morgan fingerprint density at radius 1 is 0.181 bits per heavy atom. The molecule has 38 spiro atoms. The first kappa shape index (κ1) is 24.0. The molecule has 330 valence electrons. The molecule has 0 aliphatic heterocycles. The van der Waals surface area contributed by atoms with Crippen LogP contribution in [0.5, 0.6) is 0 Å². The lowest BCUT2D eigenvalue weighted by Crippen LogP contribution is -3.75. The molecule has 0 amide bonds. The molecule has 72 heavy (non-hydrogen) atoms. The van der Waals surface area contributed by atoms with Crippen LogP contribution in [-0.4, -0.2) is 0 Å². The van der Waals surface area contributed by atoms with Crippen molar-refractivity contribution in [2.45, 2.75) is 51.4 Å². The lowest BCUT2D eigenvalue weighted by molar-refractivity contribution is -1.32. The van der Waals surface area contributed by atoms with Gasteiger partial charge in [0.05, 0.1) is 0 Å². The normalized spacial score (nSPS) is 143. The van der Waals surface area contributed by atoms with E-state index in [1.165, 1.54) is 154 Å². The van der Waals surface area contributed by atoms with Crippen LogP contribution in [0.2, 0.25) is 0 Å². The fourth-order valence-corrected chi connectivity index (χ4v) is 81.9. The van der Waals surface area contributed by atoms with E-state index in [1.54, 1.807) is 0 Å². The Balaban J connectivity index is 0.737. The summed E-state index contributed by atoms with van der Waals surface area (Å²) in [5.41, 5.74) is 42.6. The third-order valence-electron chi connectivity index (χ3n) is 63.3. The van der Waals surface area contributed by atoms with Crippen LogP contribution in [0.15, 0.2) is 0 Å². The molecule has 0 aromatic carbocycles. The molecule has 0 N–H and O–H groups in total. The van der Waals surface area contributed by atoms with Crippen LogP contribution in [-0.2, 0) is 0 Å². The van der Waals surface area contributed by atoms with E-state index in [2.05, 4.69) is 0 Å². The van der Waals surface area contributed by atoms with E-state index < -0.39 is 0 Å². The minimum atomic E-state index is 1.03. The van der Waals surface area contributed by atoms with Gasteiger partial charge in [-0.15, -0.1) is 0 Å². The Morgan fingerprint density at radius 2 is 0.486 bits per heavy atom. The summed E-state index contributed by atoms with van der Waals surface area (Å²) in [6.07, 6.45) is 15.0. The summed E-state index contributed by atoms with van der Waals surface area (Å²) in [4.78, 5) is 0. The van der Waals surface area contributed by atoms with Gasteiger partial charge in [-0.2, -0.15) is 0 Å². The zero-order chi connectivity index (χ0) is 39.7. The first-order valence-corrected chi connectivity index (χ1v) is 35.8. The molecule has 52 aliphatic rings. The maximum absolute atomic E-state index is 1.90. The number of hydrogen-bond acceptors (Lipinski definition) is 0. The van der Waals surface area contributed by atoms with Crippen LogP contribution < -0.4 is 0 Å². The van der Waals surface area contributed by atoms with Gasteiger partial charge in [0.1, 0.15) is 0 Å². The Morgan fingerprint density at radius 3 is 0.958 bits per heavy atom. The van der Waals surface area contributed by atoms with Gasteiger partial charge in [0, 0.05) is 0 Å². The minimum Gasteiger partial charge on any atom is -0.0496 e. The third kappa shape index (κ3) is 0.487. The lowest BCUT2D eigenvalue weighted by Gasteiger charge is -3.76. The highest BCUT2D eigenvalue weighted by atomic mass is 15.8. The molecule has 52 aliphatic carbocycles. The van der Waals surface area contributed by atoms with Gasteiger partial charge >= 0.3 is 0 Å². The average molecular weight is 907 g/mol. The molecule has 56 unspecified atom stereocenters. The standard InChI is InChI=1S/C72H42/c1-3-10-5-12-18-24-26-20-14-7-16-22-28-30-29-23-17-8-15-21-27-25-19-13-6-11-4-2-9(1)37-33-31-35(10,12)40(18)46(24)48(26)42(20)38(14,16)44(22)50(28)52(30)51(29)45(23)39(15,17)43(21)49(27)47(25)41(19)36(11,13)32-34(37)56-54(32,41)61(47)63(49)59(43,45)65(51)66(52)64(50)58(42,44)62(48)60(46)53(31,40)55(33)57(37,56)69-67(55,60)70(62,64)72(66,69)71(63,65)68(56,61)69/h9-34H,1-8H2. The number of hydrogen-bond donors (Lipinski definition) is 0. The molecule has 52 saturated carbocycles. The van der Waals surface area contributed by atoms with E-state index in [9.17, 15) is 0 Å². The third-order valence-corrected chi connectivity index (χ3v) is 63.3. The zero-order valence-electron chi connectivity index (χ0n) is 39.7. The summed E-state index contributed by atoms with van der Waals surface area (Å²) in [7, 11) is 0. The van der Waals surface area contributed by atoms with Crippen molar-refractivity contribution in [3.05, 3.63) is 0 Å². The molecule has 0 heterocycles. The highest BCUT2D eigenvalue weighted by molar-refractivity contribution is 6.24. The van der Waals surface area contributed by atoms with Crippen molar-refractivity contribution in [1.29, 1.82) is 0 Å². The molecule has 0 aromatic rings. The van der Waals surface area contributed by atoms with Gasteiger partial charge in [-0.25, -0.2) is 0 Å². The Hall–Kier alpha value is 0. The van der Waals surface area contributed by atoms with Gasteiger partial charge < -0.3 is 0 Å². The summed E-state index contributed by atoms with van der Waals surface area (Å²) >= 11 is 0. The summed E-state index contributed by atoms with van der Waals surface area (Å²) < 4.78 is 0. The topological polar surface area (TPSA) is 0 Å². The number of rotatable bonds is 0. The molecular weight excluding hydrogens is 865 g/mol. The summed E-state index contributed by atoms with van der Waals surface area (Å²) in [6, 6.07) is 0. The van der Waals surface area contributed by atoms with Crippen molar-refractivity contribution < 1.29 is 0 Å². The molecule has 0 aromatic heterocycles. The molecule has 0 radical (unpaired) electrons. The lowest BCUT2D eigenvalue weighted by atomic mass is 8.26. The summed E-state index contributed by atoms with van der Waals surface area (Å²) in [5.74, 6) is 36.5. The largest absolute Gasteiger partial charge is 0.0496 e. The van der Waals surface area contributed by atoms with Crippen molar-refractivity contribution in [2.24, 2.45) is 360 Å². The van der Waals surface area contributed by atoms with Crippen molar-refractivity contribution in [2.75, 3.05) is 0 Å². The van der Waals surface area contributed by atoms with Crippen LogP contribution in [0.1, 0.15) is 51.4 Å². The smallest absolute Gasteiger partial charge is 0.0000146 e. The Kier molecular flexibility index (Phi) is 1.18. The molecule has 52 fully saturated rings. The van der Waals surface area contributed by atoms with Crippen LogP contribution in [0.25, 0.3) is 0 Å². The van der Waals surface area contributed by atoms with Crippen LogP contribution in [0, 0.1) is 360 Å². The fourth-order valence-electron chi connectivity index (χ4n) is 81.9. The van der Waals surface area contributed by atoms with Crippen molar-refractivity contribution >= 4 is 0 Å². The number of fused-ring (bicyclic) bond motifs is 16. The monoisotopic (exact) mass is 906 g/mol. The Labute approximate surface area is 408 Å². The predicted molar refractivity (Wildman–Crippen MR) is 220 cm³/mol. The van der Waals surface area contributed by atoms with Gasteiger partial charge in [0.25, 0.3) is 0 Å². The first-order valence-electron chi connectivity index (χ1n) is 35.8. The molecule has 0 saturated heterocycles. The SMILES string of the molecule is C1CC2CCC3CC4C5C6C7C8C9CC%10C%11C%12C%13C%14C%15C%16CC%17C%18C%19C%20C%21C%22CC1C%221C%22C%23C2%24C2C%25C34C53C64C75C86C9%10C%117C%128C%139C%14%10C%15%11C%17%16C%18%12C%19%13C%20%14C%211C%221C%23%15C%24%16C2%17C%253C42C53C67C84C95C%106C%12%11C%137C%141C%151C%168C%172C34C58C761. The molecule has 0 heteroatoms. The zero-order valence-corrected chi connectivity index (χ0v) is 39.7. The molecule has 0 nitrogen and oxygen atoms in total. The summed E-state index contributed by atoms with van der Waals surface area (Å²) in [5, 5.41) is 0. The fraction of sp³-hybridized carbons (Fsp3) is 1.00. The maximum atomic E-state index is 1.90. The second kappa shape index (κ2) is 3.53. The molecule has 56 atom stereocenters. The highest BCUT2D eigenvalue weighted by Crippen LogP contribution is 3.81. The van der Waals surface area contributed by atoms with Crippen molar-refractivity contribution in [1.82, 2.24) is 0 Å². The van der Waals surface area contributed by atoms with E-state index in [0.717, 1.165) is 206 Å². The first-order chi connectivity index (χ1) is 35.8. The van der Waals surface area contributed by atoms with E-state index in [4.69, 9.17) is 0 Å². The molecule has 52 rings (SSSR count). The van der Waals surface area contributed by atoms with Crippen LogP contribution in [0.4, 0.5) is 0 Å². The van der Waals surface area contributed by atoms with E-state index in [-0.39, 0.29) is 0 Å². The van der Waals surface area contributed by atoms with Crippen LogP contribution >= 0.6 is 0 Å². The van der Waals surface area contributed by atoms with Gasteiger partial charge in [0.15, 0.2) is 0 Å². The van der Waals surface area contributed by atoms with E-state index >= 15 is 0 Å². The van der Waals surface area contributed by atoms with Crippen molar-refractivity contribution in [3.8, 4) is 0 Å². The minimum absolute atomic E-state index is 1.03. The van der Waals surface area contributed by atoms with Gasteiger partial charge in [0.2, 0.25) is 0 Å². The van der Waals surface area contributed by atoms with E-state index in [0.29, 0.717) is 0 Å². The van der Waals surface area contributed by atoms with Gasteiger partial charge in [-0.05, 0) is 411 Å². The van der Waals surface area contributed by atoms with Crippen molar-refractivity contribution in [3.63, 3.8) is 0 Å². The van der Waals surface area contributed by atoms with Crippen LogP contribution in [0.3, 0.4) is 0 Å². The average Bonchev–Trinajstić information content (AvgIpc) is 0.416. The molecule has 0 bridgehead atoms. The second-order valence-corrected chi connectivity index (χ2v) is 46.8. The molecular formula is C72H42. The quantitative estimate of drug-likeness (QED) is 0.268. The second-order valence-electron chi connectivity index (χ2n) is 46.8. The predicted octanol–water partition coefficient (Wildman–Crippen LogP) is 6.32. The van der Waals surface area contributed by atoms with Gasteiger partial charge in [-0.1, -0.05) is 0 Å². The maximum Gasteiger partial charge on any atom is -0.0000146 e.